The second-order valence-corrected chi connectivity index (χ2v) is 9.05. The van der Waals surface area contributed by atoms with Crippen molar-refractivity contribution < 1.29 is 24.2 Å². The third-order valence-corrected chi connectivity index (χ3v) is 6.76. The molecule has 194 valence electrons. The standard InChI is InChI=1S/C30H29N3O5/c1-4-38-22-14-13-21(18-23(22)37-3)27-25(28(34)26-19(2)31-24-12-8-9-16-32(24)26)29(35)30(36)33(27)17-15-20-10-6-5-7-11-20/h5-14,16,18,27,34H,4,15,17H2,1-3H3. The smallest absolute Gasteiger partial charge is 0.295 e. The lowest BCUT2D eigenvalue weighted by Gasteiger charge is -2.26. The van der Waals surface area contributed by atoms with E-state index in [0.717, 1.165) is 5.56 Å². The monoisotopic (exact) mass is 511 g/mol. The molecule has 1 atom stereocenters. The molecule has 38 heavy (non-hydrogen) atoms. The predicted molar refractivity (Wildman–Crippen MR) is 143 cm³/mol. The van der Waals surface area contributed by atoms with Crippen molar-refractivity contribution in [3.8, 4) is 11.5 Å². The number of ketones is 1. The molecule has 1 unspecified atom stereocenters. The number of methoxy groups -OCH3 is 1. The molecule has 1 amide bonds. The van der Waals surface area contributed by atoms with E-state index in [1.165, 1.54) is 12.0 Å². The first kappa shape index (κ1) is 25.1. The van der Waals surface area contributed by atoms with Gasteiger partial charge in [0.2, 0.25) is 0 Å². The van der Waals surface area contributed by atoms with Gasteiger partial charge in [-0.3, -0.25) is 14.0 Å². The molecule has 8 heteroatoms. The van der Waals surface area contributed by atoms with Crippen LogP contribution in [0.15, 0.2) is 78.5 Å². The van der Waals surface area contributed by atoms with Crippen molar-refractivity contribution in [1.82, 2.24) is 14.3 Å². The molecule has 2 aromatic carbocycles. The molecule has 0 spiro atoms. The van der Waals surface area contributed by atoms with Crippen molar-refractivity contribution in [3.63, 3.8) is 0 Å². The summed E-state index contributed by atoms with van der Waals surface area (Å²) < 4.78 is 12.9. The Kier molecular flexibility index (Phi) is 6.87. The molecule has 5 rings (SSSR count). The maximum atomic E-state index is 13.5. The van der Waals surface area contributed by atoms with Gasteiger partial charge < -0.3 is 19.5 Å². The number of rotatable bonds is 8. The van der Waals surface area contributed by atoms with E-state index in [1.807, 2.05) is 55.5 Å². The number of Topliss-reactive ketones (excluding diaryl/α,β-unsaturated/α-hetero) is 1. The van der Waals surface area contributed by atoms with E-state index in [1.54, 1.807) is 35.7 Å². The second kappa shape index (κ2) is 10.4. The van der Waals surface area contributed by atoms with Crippen LogP contribution in [0.3, 0.4) is 0 Å². The molecular weight excluding hydrogens is 482 g/mol. The normalized spacial score (nSPS) is 16.8. The number of benzene rings is 2. The Labute approximate surface area is 220 Å². The lowest BCUT2D eigenvalue weighted by molar-refractivity contribution is -0.139. The molecule has 1 N–H and O–H groups in total. The zero-order chi connectivity index (χ0) is 26.8. The highest BCUT2D eigenvalue weighted by Crippen LogP contribution is 2.42. The maximum Gasteiger partial charge on any atom is 0.295 e. The molecule has 0 saturated carbocycles. The van der Waals surface area contributed by atoms with Crippen molar-refractivity contribution >= 4 is 23.1 Å². The molecule has 1 aliphatic heterocycles. The minimum Gasteiger partial charge on any atom is -0.505 e. The average Bonchev–Trinajstić information content (AvgIpc) is 3.40. The lowest BCUT2D eigenvalue weighted by atomic mass is 9.95. The van der Waals surface area contributed by atoms with Gasteiger partial charge in [-0.2, -0.15) is 0 Å². The fourth-order valence-corrected chi connectivity index (χ4v) is 5.01. The van der Waals surface area contributed by atoms with Gasteiger partial charge in [-0.05, 0) is 55.7 Å². The number of aliphatic hydroxyl groups is 1. The van der Waals surface area contributed by atoms with Crippen LogP contribution in [-0.4, -0.2) is 51.3 Å². The Hall–Kier alpha value is -4.59. The first-order valence-corrected chi connectivity index (χ1v) is 12.5. The number of imidazole rings is 1. The van der Waals surface area contributed by atoms with E-state index >= 15 is 0 Å². The molecular formula is C30H29N3O5. The molecule has 0 bridgehead atoms. The van der Waals surface area contributed by atoms with Crippen LogP contribution in [0.25, 0.3) is 11.4 Å². The number of ether oxygens (including phenoxy) is 2. The van der Waals surface area contributed by atoms with Gasteiger partial charge in [0.15, 0.2) is 17.3 Å². The third-order valence-electron chi connectivity index (χ3n) is 6.76. The zero-order valence-electron chi connectivity index (χ0n) is 21.5. The summed E-state index contributed by atoms with van der Waals surface area (Å²) in [4.78, 5) is 33.0. The summed E-state index contributed by atoms with van der Waals surface area (Å²) >= 11 is 0. The molecule has 4 aromatic rings. The lowest BCUT2D eigenvalue weighted by Crippen LogP contribution is -2.31. The van der Waals surface area contributed by atoms with Gasteiger partial charge in [0, 0.05) is 12.7 Å². The van der Waals surface area contributed by atoms with E-state index in [-0.39, 0.29) is 17.9 Å². The van der Waals surface area contributed by atoms with Crippen LogP contribution < -0.4 is 9.47 Å². The third kappa shape index (κ3) is 4.38. The number of pyridine rings is 1. The number of hydrogen-bond donors (Lipinski definition) is 1. The van der Waals surface area contributed by atoms with Gasteiger partial charge in [-0.15, -0.1) is 0 Å². The molecule has 1 fully saturated rings. The topological polar surface area (TPSA) is 93.4 Å². The van der Waals surface area contributed by atoms with E-state index < -0.39 is 17.7 Å². The molecule has 8 nitrogen and oxygen atoms in total. The summed E-state index contributed by atoms with van der Waals surface area (Å²) in [6.07, 6.45) is 2.32. The maximum absolute atomic E-state index is 13.5. The van der Waals surface area contributed by atoms with E-state index in [0.29, 0.717) is 47.1 Å². The fraction of sp³-hybridized carbons (Fsp3) is 0.233. The summed E-state index contributed by atoms with van der Waals surface area (Å²) in [6.45, 7) is 4.39. The molecule has 0 aliphatic carbocycles. The quantitative estimate of drug-likeness (QED) is 0.209. The van der Waals surface area contributed by atoms with Gasteiger partial charge in [0.05, 0.1) is 31.0 Å². The number of aromatic nitrogens is 2. The van der Waals surface area contributed by atoms with Crippen molar-refractivity contribution in [2.45, 2.75) is 26.3 Å². The van der Waals surface area contributed by atoms with Gasteiger partial charge in [-0.1, -0.05) is 42.5 Å². The number of hydrogen-bond acceptors (Lipinski definition) is 6. The Bertz CT molecular complexity index is 1540. The van der Waals surface area contributed by atoms with Crippen molar-refractivity contribution in [1.29, 1.82) is 0 Å². The molecule has 1 saturated heterocycles. The minimum absolute atomic E-state index is 0.0167. The molecule has 1 aliphatic rings. The number of nitrogens with zero attached hydrogens (tertiary/aromatic N) is 3. The number of amides is 1. The number of aliphatic hydroxyl groups excluding tert-OH is 1. The van der Waals surface area contributed by atoms with Crippen molar-refractivity contribution in [2.24, 2.45) is 0 Å². The Morgan fingerprint density at radius 2 is 1.79 bits per heavy atom. The number of carbonyl (C=O) groups is 2. The van der Waals surface area contributed by atoms with Crippen molar-refractivity contribution in [3.05, 3.63) is 101 Å². The largest absolute Gasteiger partial charge is 0.505 e. The SMILES string of the molecule is CCOc1ccc(C2C(=C(O)c3c(C)nc4ccccn34)C(=O)C(=O)N2CCc2ccccc2)cc1OC. The highest BCUT2D eigenvalue weighted by Gasteiger charge is 2.46. The van der Waals surface area contributed by atoms with Crippen LogP contribution in [0.5, 0.6) is 11.5 Å². The molecule has 3 heterocycles. The highest BCUT2D eigenvalue weighted by atomic mass is 16.5. The van der Waals surface area contributed by atoms with Gasteiger partial charge in [0.1, 0.15) is 11.3 Å². The zero-order valence-corrected chi connectivity index (χ0v) is 21.5. The molecule has 2 aromatic heterocycles. The van der Waals surface area contributed by atoms with E-state index in [9.17, 15) is 14.7 Å². The van der Waals surface area contributed by atoms with Gasteiger partial charge in [-0.25, -0.2) is 4.98 Å². The molecule has 0 radical (unpaired) electrons. The van der Waals surface area contributed by atoms with Crippen LogP contribution in [0.1, 0.15) is 35.5 Å². The van der Waals surface area contributed by atoms with Crippen LogP contribution in [-0.2, 0) is 16.0 Å². The minimum atomic E-state index is -0.822. The number of fused-ring (bicyclic) bond motifs is 1. The van der Waals surface area contributed by atoms with Gasteiger partial charge >= 0.3 is 0 Å². The first-order chi connectivity index (χ1) is 18.4. The van der Waals surface area contributed by atoms with E-state index in [4.69, 9.17) is 9.47 Å². The summed E-state index contributed by atoms with van der Waals surface area (Å²) in [6, 6.07) is 19.7. The second-order valence-electron chi connectivity index (χ2n) is 9.05. The number of likely N-dealkylation sites (tertiary alicyclic amines) is 1. The fourth-order valence-electron chi connectivity index (χ4n) is 5.01. The average molecular weight is 512 g/mol. The van der Waals surface area contributed by atoms with Crippen LogP contribution in [0.4, 0.5) is 0 Å². The number of carbonyl (C=O) groups excluding carboxylic acids is 2. The van der Waals surface area contributed by atoms with Crippen LogP contribution >= 0.6 is 0 Å². The number of aryl methyl sites for hydroxylation is 1. The summed E-state index contributed by atoms with van der Waals surface area (Å²) in [5.41, 5.74) is 3.24. The van der Waals surface area contributed by atoms with Crippen LogP contribution in [0, 0.1) is 6.92 Å². The predicted octanol–water partition coefficient (Wildman–Crippen LogP) is 4.71. The highest BCUT2D eigenvalue weighted by molar-refractivity contribution is 6.46. The first-order valence-electron chi connectivity index (χ1n) is 12.5. The van der Waals surface area contributed by atoms with Crippen LogP contribution in [0.2, 0.25) is 0 Å². The van der Waals surface area contributed by atoms with Crippen molar-refractivity contribution in [2.75, 3.05) is 20.3 Å². The summed E-state index contributed by atoms with van der Waals surface area (Å²) in [5, 5.41) is 11.6. The summed E-state index contributed by atoms with van der Waals surface area (Å²) in [7, 11) is 1.54. The van der Waals surface area contributed by atoms with Gasteiger partial charge in [0.25, 0.3) is 11.7 Å². The summed E-state index contributed by atoms with van der Waals surface area (Å²) in [5.74, 6) is -0.633. The Morgan fingerprint density at radius 3 is 2.53 bits per heavy atom. The Balaban J connectivity index is 1.67. The van der Waals surface area contributed by atoms with E-state index in [2.05, 4.69) is 4.98 Å². The Morgan fingerprint density at radius 1 is 1.03 bits per heavy atom.